The van der Waals surface area contributed by atoms with Crippen LogP contribution in [0.5, 0.6) is 0 Å². The number of rotatable bonds is 6. The third-order valence-corrected chi connectivity index (χ3v) is 2.19. The van der Waals surface area contributed by atoms with Gasteiger partial charge in [-0.2, -0.15) is 0 Å². The zero-order chi connectivity index (χ0) is 12.8. The molecule has 0 aromatic carbocycles. The molecule has 1 amide bonds. The van der Waals surface area contributed by atoms with E-state index in [9.17, 15) is 4.79 Å². The van der Waals surface area contributed by atoms with Crippen molar-refractivity contribution in [3.63, 3.8) is 0 Å². The quantitative estimate of drug-likeness (QED) is 0.265. The molecule has 6 heteroatoms. The summed E-state index contributed by atoms with van der Waals surface area (Å²) >= 11 is 0. The Morgan fingerprint density at radius 1 is 1.62 bits per heavy atom. The minimum Gasteiger partial charge on any atom is -0.409 e. The van der Waals surface area contributed by atoms with E-state index >= 15 is 0 Å². The van der Waals surface area contributed by atoms with Crippen LogP contribution in [0.3, 0.4) is 0 Å². The normalized spacial score (nSPS) is 14.6. The van der Waals surface area contributed by atoms with Gasteiger partial charge >= 0.3 is 0 Å². The van der Waals surface area contributed by atoms with Crippen molar-refractivity contribution in [3.8, 4) is 0 Å². The van der Waals surface area contributed by atoms with Crippen molar-refractivity contribution < 1.29 is 14.7 Å². The summed E-state index contributed by atoms with van der Waals surface area (Å²) in [7, 11) is 1.59. The van der Waals surface area contributed by atoms with E-state index in [1.54, 1.807) is 21.0 Å². The monoisotopic (exact) mass is 231 g/mol. The fourth-order valence-electron chi connectivity index (χ4n) is 1.25. The Kier molecular flexibility index (Phi) is 5.81. The molecule has 4 N–H and O–H groups in total. The van der Waals surface area contributed by atoms with Crippen LogP contribution in [-0.4, -0.2) is 36.2 Å². The lowest BCUT2D eigenvalue weighted by Gasteiger charge is -2.25. The summed E-state index contributed by atoms with van der Waals surface area (Å²) in [4.78, 5) is 11.6. The molecular formula is C10H21N3O3. The van der Waals surface area contributed by atoms with Crippen molar-refractivity contribution in [2.24, 2.45) is 16.8 Å². The number of amidine groups is 1. The molecule has 0 saturated heterocycles. The van der Waals surface area contributed by atoms with Gasteiger partial charge in [-0.15, -0.1) is 0 Å². The van der Waals surface area contributed by atoms with E-state index in [4.69, 9.17) is 15.7 Å². The summed E-state index contributed by atoms with van der Waals surface area (Å²) < 4.78 is 4.93. The van der Waals surface area contributed by atoms with E-state index in [-0.39, 0.29) is 17.7 Å². The smallest absolute Gasteiger partial charge is 0.221 e. The molecule has 6 nitrogen and oxygen atoms in total. The van der Waals surface area contributed by atoms with Crippen LogP contribution in [0.25, 0.3) is 0 Å². The zero-order valence-corrected chi connectivity index (χ0v) is 10.3. The number of nitrogens with one attached hydrogen (secondary N) is 1. The standard InChI is InChI=1S/C10H21N3O3/c1-7(6-16-4)5-8(14)12-10(2,3)9(11)13-15/h7,15H,5-6H2,1-4H3,(H2,11,13)(H,12,14). The Morgan fingerprint density at radius 2 is 2.19 bits per heavy atom. The van der Waals surface area contributed by atoms with Crippen LogP contribution in [0, 0.1) is 5.92 Å². The van der Waals surface area contributed by atoms with Crippen molar-refractivity contribution in [2.45, 2.75) is 32.7 Å². The van der Waals surface area contributed by atoms with E-state index in [0.29, 0.717) is 13.0 Å². The molecule has 0 spiro atoms. The average Bonchev–Trinajstić information content (AvgIpc) is 2.15. The number of oxime groups is 1. The molecular weight excluding hydrogens is 210 g/mol. The summed E-state index contributed by atoms with van der Waals surface area (Å²) in [6.07, 6.45) is 0.343. The number of hydrogen-bond donors (Lipinski definition) is 3. The molecule has 94 valence electrons. The first-order valence-corrected chi connectivity index (χ1v) is 5.11. The fraction of sp³-hybridized carbons (Fsp3) is 0.800. The van der Waals surface area contributed by atoms with Gasteiger partial charge in [0.2, 0.25) is 5.91 Å². The number of nitrogens with zero attached hydrogens (tertiary/aromatic N) is 1. The lowest BCUT2D eigenvalue weighted by molar-refractivity contribution is -0.123. The van der Waals surface area contributed by atoms with Crippen LogP contribution in [-0.2, 0) is 9.53 Å². The molecule has 0 rings (SSSR count). The van der Waals surface area contributed by atoms with E-state index < -0.39 is 5.54 Å². The topological polar surface area (TPSA) is 96.9 Å². The molecule has 0 radical (unpaired) electrons. The Balaban J connectivity index is 4.24. The van der Waals surface area contributed by atoms with Gasteiger partial charge in [0.1, 0.15) is 0 Å². The van der Waals surface area contributed by atoms with Gasteiger partial charge in [-0.05, 0) is 19.8 Å². The molecule has 1 unspecified atom stereocenters. The molecule has 0 aromatic rings. The molecule has 0 fully saturated rings. The predicted octanol–water partition coefficient (Wildman–Crippen LogP) is 0.300. The maximum Gasteiger partial charge on any atom is 0.221 e. The third kappa shape index (κ3) is 4.97. The number of ether oxygens (including phenoxy) is 1. The molecule has 0 bridgehead atoms. The molecule has 0 aliphatic carbocycles. The Bertz CT molecular complexity index is 264. The highest BCUT2D eigenvalue weighted by molar-refractivity contribution is 5.93. The van der Waals surface area contributed by atoms with Crippen LogP contribution >= 0.6 is 0 Å². The van der Waals surface area contributed by atoms with Gasteiger partial charge in [-0.3, -0.25) is 4.79 Å². The molecule has 0 saturated carbocycles. The lowest BCUT2D eigenvalue weighted by atomic mass is 10.0. The molecule has 1 atom stereocenters. The first-order chi connectivity index (χ1) is 7.33. The van der Waals surface area contributed by atoms with Crippen molar-refractivity contribution in [1.82, 2.24) is 5.32 Å². The number of carbonyl (C=O) groups is 1. The average molecular weight is 231 g/mol. The Hall–Kier alpha value is -1.30. The molecule has 0 heterocycles. The third-order valence-electron chi connectivity index (χ3n) is 2.19. The van der Waals surface area contributed by atoms with E-state index in [1.165, 1.54) is 0 Å². The maximum atomic E-state index is 11.6. The second-order valence-corrected chi connectivity index (χ2v) is 4.42. The highest BCUT2D eigenvalue weighted by Gasteiger charge is 2.26. The highest BCUT2D eigenvalue weighted by Crippen LogP contribution is 2.06. The predicted molar refractivity (Wildman–Crippen MR) is 61.3 cm³/mol. The van der Waals surface area contributed by atoms with Gasteiger partial charge in [0, 0.05) is 20.1 Å². The maximum absolute atomic E-state index is 11.6. The minimum atomic E-state index is -0.849. The number of amides is 1. The van der Waals surface area contributed by atoms with Gasteiger partial charge in [0.05, 0.1) is 5.54 Å². The first kappa shape index (κ1) is 14.7. The number of nitrogens with two attached hydrogens (primary N) is 1. The summed E-state index contributed by atoms with van der Waals surface area (Å²) in [5.74, 6) is -0.0468. The molecule has 16 heavy (non-hydrogen) atoms. The second kappa shape index (κ2) is 6.32. The Morgan fingerprint density at radius 3 is 2.62 bits per heavy atom. The van der Waals surface area contributed by atoms with Gasteiger partial charge < -0.3 is 21.0 Å². The number of carbonyl (C=O) groups excluding carboxylic acids is 1. The van der Waals surface area contributed by atoms with Gasteiger partial charge in [-0.1, -0.05) is 12.1 Å². The zero-order valence-electron chi connectivity index (χ0n) is 10.3. The fourth-order valence-corrected chi connectivity index (χ4v) is 1.25. The van der Waals surface area contributed by atoms with Crippen LogP contribution in [0.2, 0.25) is 0 Å². The van der Waals surface area contributed by atoms with Crippen molar-refractivity contribution in [2.75, 3.05) is 13.7 Å². The van der Waals surface area contributed by atoms with E-state index in [1.807, 2.05) is 6.92 Å². The highest BCUT2D eigenvalue weighted by atomic mass is 16.5. The Labute approximate surface area is 95.8 Å². The van der Waals surface area contributed by atoms with Gasteiger partial charge in [0.25, 0.3) is 0 Å². The van der Waals surface area contributed by atoms with Crippen LogP contribution in [0.15, 0.2) is 5.16 Å². The first-order valence-electron chi connectivity index (χ1n) is 5.11. The summed E-state index contributed by atoms with van der Waals surface area (Å²) in [5.41, 5.74) is 4.60. The summed E-state index contributed by atoms with van der Waals surface area (Å²) in [5, 5.41) is 14.1. The van der Waals surface area contributed by atoms with Crippen molar-refractivity contribution in [3.05, 3.63) is 0 Å². The molecule has 0 aromatic heterocycles. The van der Waals surface area contributed by atoms with E-state index in [2.05, 4.69) is 10.5 Å². The summed E-state index contributed by atoms with van der Waals surface area (Å²) in [6, 6.07) is 0. The van der Waals surface area contributed by atoms with Crippen LogP contribution in [0.4, 0.5) is 0 Å². The van der Waals surface area contributed by atoms with Crippen LogP contribution < -0.4 is 11.1 Å². The number of hydrogen-bond acceptors (Lipinski definition) is 4. The van der Waals surface area contributed by atoms with Gasteiger partial charge in [0.15, 0.2) is 5.84 Å². The van der Waals surface area contributed by atoms with Crippen LogP contribution in [0.1, 0.15) is 27.2 Å². The minimum absolute atomic E-state index is 0.0276. The molecule has 0 aliphatic rings. The van der Waals surface area contributed by atoms with Crippen molar-refractivity contribution in [1.29, 1.82) is 0 Å². The van der Waals surface area contributed by atoms with Gasteiger partial charge in [-0.25, -0.2) is 0 Å². The second-order valence-electron chi connectivity index (χ2n) is 4.42. The van der Waals surface area contributed by atoms with Crippen molar-refractivity contribution >= 4 is 11.7 Å². The summed E-state index contributed by atoms with van der Waals surface area (Å²) in [6.45, 7) is 5.78. The van der Waals surface area contributed by atoms with E-state index in [0.717, 1.165) is 0 Å². The molecule has 0 aliphatic heterocycles. The number of methoxy groups -OCH3 is 1. The lowest BCUT2D eigenvalue weighted by Crippen LogP contribution is -2.53. The SMILES string of the molecule is COCC(C)CC(=O)NC(C)(C)C(N)=NO. The largest absolute Gasteiger partial charge is 0.409 e.